The van der Waals surface area contributed by atoms with E-state index >= 15 is 0 Å². The molecule has 0 radical (unpaired) electrons. The fraction of sp³-hybridized carbons (Fsp3) is 0.800. The summed E-state index contributed by atoms with van der Waals surface area (Å²) in [6, 6.07) is 0. The van der Waals surface area contributed by atoms with Crippen molar-refractivity contribution in [2.75, 3.05) is 6.79 Å². The third kappa shape index (κ3) is 2.51. The second kappa shape index (κ2) is 5.18. The van der Waals surface area contributed by atoms with E-state index in [1.807, 2.05) is 0 Å². The van der Waals surface area contributed by atoms with Crippen LogP contribution in [0, 0.1) is 18.3 Å². The maximum absolute atomic E-state index is 8.58. The Balaban J connectivity index is 2.36. The van der Waals surface area contributed by atoms with Gasteiger partial charge in [-0.05, 0) is 18.8 Å². The van der Waals surface area contributed by atoms with Crippen molar-refractivity contribution in [3.8, 4) is 12.3 Å². The smallest absolute Gasteiger partial charge is 0.145 e. The molecule has 0 aliphatic heterocycles. The van der Waals surface area contributed by atoms with E-state index < -0.39 is 0 Å². The summed E-state index contributed by atoms with van der Waals surface area (Å²) in [4.78, 5) is 0. The van der Waals surface area contributed by atoms with Crippen LogP contribution in [-0.4, -0.2) is 18.0 Å². The highest BCUT2D eigenvalue weighted by Gasteiger charge is 2.21. The van der Waals surface area contributed by atoms with Gasteiger partial charge in [0.2, 0.25) is 0 Å². The van der Waals surface area contributed by atoms with Crippen molar-refractivity contribution in [1.82, 2.24) is 0 Å². The summed E-state index contributed by atoms with van der Waals surface area (Å²) < 4.78 is 5.05. The Morgan fingerprint density at radius 1 is 1.42 bits per heavy atom. The number of hydrogen-bond donors (Lipinski definition) is 1. The first kappa shape index (κ1) is 9.57. The third-order valence-electron chi connectivity index (χ3n) is 2.50. The lowest BCUT2D eigenvalue weighted by Crippen LogP contribution is -2.24. The highest BCUT2D eigenvalue weighted by molar-refractivity contribution is 4.98. The summed E-state index contributed by atoms with van der Waals surface area (Å²) in [5.74, 6) is 3.06. The van der Waals surface area contributed by atoms with Gasteiger partial charge in [0.05, 0.1) is 0 Å². The molecule has 1 atom stereocenters. The van der Waals surface area contributed by atoms with E-state index in [1.54, 1.807) is 0 Å². The molecule has 0 aromatic rings. The van der Waals surface area contributed by atoms with Crippen LogP contribution < -0.4 is 0 Å². The van der Waals surface area contributed by atoms with Gasteiger partial charge in [-0.2, -0.15) is 0 Å². The Morgan fingerprint density at radius 2 is 2.08 bits per heavy atom. The van der Waals surface area contributed by atoms with Gasteiger partial charge in [0, 0.05) is 0 Å². The van der Waals surface area contributed by atoms with Gasteiger partial charge in [-0.25, -0.2) is 0 Å². The number of aliphatic hydroxyl groups excluding tert-OH is 1. The van der Waals surface area contributed by atoms with Crippen LogP contribution in [0.4, 0.5) is 0 Å². The Bertz CT molecular complexity index is 154. The average Bonchev–Trinajstić information content (AvgIpc) is 2.15. The summed E-state index contributed by atoms with van der Waals surface area (Å²) in [6.45, 7) is -0.259. The molecule has 1 N–H and O–H groups in total. The zero-order valence-corrected chi connectivity index (χ0v) is 7.33. The third-order valence-corrected chi connectivity index (χ3v) is 2.50. The molecular formula is C10H16O2. The number of terminal acetylenes is 1. The van der Waals surface area contributed by atoms with Crippen LogP contribution in [-0.2, 0) is 4.74 Å². The molecule has 12 heavy (non-hydrogen) atoms. The normalized spacial score (nSPS) is 21.7. The van der Waals surface area contributed by atoms with Gasteiger partial charge >= 0.3 is 0 Å². The fourth-order valence-corrected chi connectivity index (χ4v) is 1.84. The van der Waals surface area contributed by atoms with E-state index in [4.69, 9.17) is 16.3 Å². The molecule has 1 fully saturated rings. The minimum atomic E-state index is -0.259. The van der Waals surface area contributed by atoms with E-state index in [9.17, 15) is 0 Å². The number of ether oxygens (including phenoxy) is 1. The van der Waals surface area contributed by atoms with E-state index in [-0.39, 0.29) is 12.9 Å². The standard InChI is InChI=1S/C10H16O2/c1-2-10(12-8-11)9-6-4-3-5-7-9/h1,9-11H,3-8H2. The van der Waals surface area contributed by atoms with Crippen LogP contribution in [0.1, 0.15) is 32.1 Å². The summed E-state index contributed by atoms with van der Waals surface area (Å²) in [5, 5.41) is 8.58. The zero-order valence-electron chi connectivity index (χ0n) is 7.33. The lowest BCUT2D eigenvalue weighted by atomic mass is 9.85. The summed E-state index contributed by atoms with van der Waals surface area (Å²) in [6.07, 6.45) is 11.2. The van der Waals surface area contributed by atoms with Crippen LogP contribution >= 0.6 is 0 Å². The second-order valence-electron chi connectivity index (χ2n) is 3.28. The maximum Gasteiger partial charge on any atom is 0.145 e. The summed E-state index contributed by atoms with van der Waals surface area (Å²) in [5.41, 5.74) is 0. The van der Waals surface area contributed by atoms with Crippen molar-refractivity contribution in [2.24, 2.45) is 5.92 Å². The molecule has 1 rings (SSSR count). The minimum absolute atomic E-state index is 0.171. The van der Waals surface area contributed by atoms with Crippen molar-refractivity contribution in [3.05, 3.63) is 0 Å². The van der Waals surface area contributed by atoms with E-state index in [0.717, 1.165) is 12.8 Å². The highest BCUT2D eigenvalue weighted by Crippen LogP contribution is 2.27. The highest BCUT2D eigenvalue weighted by atomic mass is 16.6. The monoisotopic (exact) mass is 168 g/mol. The second-order valence-corrected chi connectivity index (χ2v) is 3.28. The van der Waals surface area contributed by atoms with Gasteiger partial charge in [-0.3, -0.25) is 0 Å². The van der Waals surface area contributed by atoms with Crippen molar-refractivity contribution in [3.63, 3.8) is 0 Å². The van der Waals surface area contributed by atoms with Gasteiger partial charge in [-0.15, -0.1) is 6.42 Å². The van der Waals surface area contributed by atoms with Crippen LogP contribution in [0.5, 0.6) is 0 Å². The predicted octanol–water partition coefficient (Wildman–Crippen LogP) is 1.53. The zero-order chi connectivity index (χ0) is 8.81. The summed E-state index contributed by atoms with van der Waals surface area (Å²) >= 11 is 0. The largest absolute Gasteiger partial charge is 0.371 e. The van der Waals surface area contributed by atoms with Crippen LogP contribution in [0.3, 0.4) is 0 Å². The Hall–Kier alpha value is -0.520. The number of rotatable bonds is 3. The molecule has 1 unspecified atom stereocenters. The van der Waals surface area contributed by atoms with Crippen molar-refractivity contribution < 1.29 is 9.84 Å². The van der Waals surface area contributed by atoms with Gasteiger partial charge < -0.3 is 9.84 Å². The molecular weight excluding hydrogens is 152 g/mol. The van der Waals surface area contributed by atoms with Crippen molar-refractivity contribution in [1.29, 1.82) is 0 Å². The lowest BCUT2D eigenvalue weighted by Gasteiger charge is -2.25. The van der Waals surface area contributed by atoms with Gasteiger partial charge in [0.15, 0.2) is 0 Å². The quantitative estimate of drug-likeness (QED) is 0.511. The number of hydrogen-bond acceptors (Lipinski definition) is 2. The fourth-order valence-electron chi connectivity index (χ4n) is 1.84. The van der Waals surface area contributed by atoms with E-state index in [0.29, 0.717) is 5.92 Å². The lowest BCUT2D eigenvalue weighted by molar-refractivity contribution is -0.0533. The molecule has 0 heterocycles. The first-order valence-electron chi connectivity index (χ1n) is 4.57. The minimum Gasteiger partial charge on any atom is -0.371 e. The predicted molar refractivity (Wildman–Crippen MR) is 47.4 cm³/mol. The molecule has 0 amide bonds. The first-order valence-corrected chi connectivity index (χ1v) is 4.57. The van der Waals surface area contributed by atoms with Gasteiger partial charge in [-0.1, -0.05) is 25.2 Å². The molecule has 2 nitrogen and oxygen atoms in total. The molecule has 0 aromatic carbocycles. The molecule has 1 aliphatic rings. The van der Waals surface area contributed by atoms with Crippen LogP contribution in [0.15, 0.2) is 0 Å². The molecule has 1 aliphatic carbocycles. The maximum atomic E-state index is 8.58. The summed E-state index contributed by atoms with van der Waals surface area (Å²) in [7, 11) is 0. The molecule has 2 heteroatoms. The Morgan fingerprint density at radius 3 is 2.58 bits per heavy atom. The average molecular weight is 168 g/mol. The van der Waals surface area contributed by atoms with Crippen LogP contribution in [0.2, 0.25) is 0 Å². The molecule has 0 saturated heterocycles. The molecule has 1 saturated carbocycles. The number of aliphatic hydroxyl groups is 1. The molecule has 68 valence electrons. The Labute approximate surface area is 73.9 Å². The topological polar surface area (TPSA) is 29.5 Å². The van der Waals surface area contributed by atoms with E-state index in [2.05, 4.69) is 5.92 Å². The first-order chi connectivity index (χ1) is 5.88. The molecule has 0 bridgehead atoms. The Kier molecular flexibility index (Phi) is 4.13. The molecule has 0 aromatic heterocycles. The SMILES string of the molecule is C#CC(OCO)C1CCCCC1. The van der Waals surface area contributed by atoms with Crippen LogP contribution in [0.25, 0.3) is 0 Å². The van der Waals surface area contributed by atoms with Gasteiger partial charge in [0.25, 0.3) is 0 Å². The van der Waals surface area contributed by atoms with Crippen molar-refractivity contribution in [2.45, 2.75) is 38.2 Å². The van der Waals surface area contributed by atoms with Crippen molar-refractivity contribution >= 4 is 0 Å². The van der Waals surface area contributed by atoms with Gasteiger partial charge in [0.1, 0.15) is 12.9 Å². The van der Waals surface area contributed by atoms with E-state index in [1.165, 1.54) is 19.3 Å². The molecule has 0 spiro atoms.